The van der Waals surface area contributed by atoms with Crippen molar-refractivity contribution in [1.29, 1.82) is 0 Å². The molecular weight excluding hydrogens is 244 g/mol. The van der Waals surface area contributed by atoms with E-state index in [1.165, 1.54) is 12.8 Å². The predicted octanol–water partition coefficient (Wildman–Crippen LogP) is 1.77. The van der Waals surface area contributed by atoms with Crippen LogP contribution in [0.2, 0.25) is 0 Å². The number of nitrogens with zero attached hydrogens (tertiary/aromatic N) is 3. The molecule has 0 saturated heterocycles. The Morgan fingerprint density at radius 2 is 2.29 bits per heavy atom. The molecule has 0 bridgehead atoms. The van der Waals surface area contributed by atoms with Crippen LogP contribution in [0.5, 0.6) is 0 Å². The van der Waals surface area contributed by atoms with Gasteiger partial charge in [0.05, 0.1) is 11.7 Å². The molecule has 1 aromatic rings. The number of nitrogens with two attached hydrogens (primary N) is 1. The second-order valence-electron chi connectivity index (χ2n) is 4.51. The van der Waals surface area contributed by atoms with Gasteiger partial charge in [0, 0.05) is 7.05 Å². The molecule has 0 aliphatic heterocycles. The second-order valence-corrected chi connectivity index (χ2v) is 5.26. The quantitative estimate of drug-likeness (QED) is 0.899. The summed E-state index contributed by atoms with van der Waals surface area (Å²) in [4.78, 5) is 0. The molecule has 0 amide bonds. The van der Waals surface area contributed by atoms with Crippen molar-refractivity contribution in [2.75, 3.05) is 0 Å². The molecule has 0 aromatic carbocycles. The SMILES string of the molecule is Cn1nnc(Br)c1C(N)CC1(C)CC1. The number of aromatic nitrogens is 3. The number of halogens is 1. The molecule has 1 unspecified atom stereocenters. The van der Waals surface area contributed by atoms with Crippen molar-refractivity contribution in [2.24, 2.45) is 18.2 Å². The smallest absolute Gasteiger partial charge is 0.153 e. The lowest BCUT2D eigenvalue weighted by molar-refractivity contribution is 0.439. The molecule has 0 spiro atoms. The summed E-state index contributed by atoms with van der Waals surface area (Å²) in [6, 6.07) is 0.0388. The molecule has 2 rings (SSSR count). The van der Waals surface area contributed by atoms with Crippen LogP contribution in [0, 0.1) is 5.41 Å². The van der Waals surface area contributed by atoms with Crippen molar-refractivity contribution in [3.8, 4) is 0 Å². The molecule has 5 heteroatoms. The summed E-state index contributed by atoms with van der Waals surface area (Å²) >= 11 is 3.37. The standard InChI is InChI=1S/C9H15BrN4/c1-9(3-4-9)5-6(11)7-8(10)12-13-14(7)2/h6H,3-5,11H2,1-2H3. The van der Waals surface area contributed by atoms with E-state index >= 15 is 0 Å². The molecule has 1 heterocycles. The largest absolute Gasteiger partial charge is 0.323 e. The van der Waals surface area contributed by atoms with Gasteiger partial charge in [-0.3, -0.25) is 0 Å². The Bertz CT molecular complexity index is 323. The molecule has 1 saturated carbocycles. The normalized spacial score (nSPS) is 20.9. The summed E-state index contributed by atoms with van der Waals surface area (Å²) in [5, 5.41) is 7.86. The minimum absolute atomic E-state index is 0.0388. The van der Waals surface area contributed by atoms with E-state index in [0.717, 1.165) is 16.7 Å². The molecule has 2 N–H and O–H groups in total. The molecule has 1 aliphatic carbocycles. The lowest BCUT2D eigenvalue weighted by Gasteiger charge is -2.16. The van der Waals surface area contributed by atoms with Crippen LogP contribution in [-0.4, -0.2) is 15.0 Å². The Labute approximate surface area is 92.0 Å². The van der Waals surface area contributed by atoms with Gasteiger partial charge in [0.1, 0.15) is 0 Å². The van der Waals surface area contributed by atoms with Crippen LogP contribution >= 0.6 is 15.9 Å². The van der Waals surface area contributed by atoms with Crippen LogP contribution in [-0.2, 0) is 7.05 Å². The fraction of sp³-hybridized carbons (Fsp3) is 0.778. The van der Waals surface area contributed by atoms with Gasteiger partial charge in [0.25, 0.3) is 0 Å². The summed E-state index contributed by atoms with van der Waals surface area (Å²) in [5.41, 5.74) is 7.60. The minimum Gasteiger partial charge on any atom is -0.323 e. The third-order valence-corrected chi connectivity index (χ3v) is 3.56. The third-order valence-electron chi connectivity index (χ3n) is 2.99. The highest BCUT2D eigenvalue weighted by Crippen LogP contribution is 2.50. The zero-order valence-corrected chi connectivity index (χ0v) is 10.1. The number of rotatable bonds is 3. The van der Waals surface area contributed by atoms with E-state index in [0.29, 0.717) is 5.41 Å². The summed E-state index contributed by atoms with van der Waals surface area (Å²) in [7, 11) is 1.88. The van der Waals surface area contributed by atoms with Crippen LogP contribution < -0.4 is 5.73 Å². The average Bonchev–Trinajstić information content (AvgIpc) is 2.70. The van der Waals surface area contributed by atoms with Crippen molar-refractivity contribution in [1.82, 2.24) is 15.0 Å². The molecule has 78 valence electrons. The summed E-state index contributed by atoms with van der Waals surface area (Å²) in [6.45, 7) is 2.28. The van der Waals surface area contributed by atoms with Crippen molar-refractivity contribution in [3.63, 3.8) is 0 Å². The van der Waals surface area contributed by atoms with Crippen molar-refractivity contribution < 1.29 is 0 Å². The summed E-state index contributed by atoms with van der Waals surface area (Å²) < 4.78 is 2.53. The molecule has 1 fully saturated rings. The first kappa shape index (κ1) is 10.1. The van der Waals surface area contributed by atoms with E-state index in [1.54, 1.807) is 4.68 Å². The Hall–Kier alpha value is -0.420. The van der Waals surface area contributed by atoms with Crippen LogP contribution in [0.3, 0.4) is 0 Å². The first-order chi connectivity index (χ1) is 6.52. The fourth-order valence-corrected chi connectivity index (χ4v) is 2.40. The number of hydrogen-bond acceptors (Lipinski definition) is 3. The molecular formula is C9H15BrN4. The first-order valence-electron chi connectivity index (χ1n) is 4.82. The van der Waals surface area contributed by atoms with Gasteiger partial charge in [0.15, 0.2) is 4.60 Å². The fourth-order valence-electron chi connectivity index (χ4n) is 1.78. The lowest BCUT2D eigenvalue weighted by atomic mass is 9.98. The maximum atomic E-state index is 6.14. The highest BCUT2D eigenvalue weighted by Gasteiger charge is 2.39. The first-order valence-corrected chi connectivity index (χ1v) is 5.62. The van der Waals surface area contributed by atoms with Gasteiger partial charge < -0.3 is 5.73 Å². The Morgan fingerprint density at radius 3 is 2.71 bits per heavy atom. The molecule has 1 atom stereocenters. The molecule has 0 radical (unpaired) electrons. The number of hydrogen-bond donors (Lipinski definition) is 1. The van der Waals surface area contributed by atoms with Gasteiger partial charge in [-0.15, -0.1) is 5.10 Å². The van der Waals surface area contributed by atoms with Gasteiger partial charge in [0.2, 0.25) is 0 Å². The van der Waals surface area contributed by atoms with E-state index in [9.17, 15) is 0 Å². The number of aryl methyl sites for hydroxylation is 1. The minimum atomic E-state index is 0.0388. The maximum absolute atomic E-state index is 6.14. The highest BCUT2D eigenvalue weighted by atomic mass is 79.9. The molecule has 4 nitrogen and oxygen atoms in total. The summed E-state index contributed by atoms with van der Waals surface area (Å²) in [6.07, 6.45) is 3.61. The van der Waals surface area contributed by atoms with Crippen molar-refractivity contribution >= 4 is 15.9 Å². The van der Waals surface area contributed by atoms with Crippen LogP contribution in [0.15, 0.2) is 4.60 Å². The maximum Gasteiger partial charge on any atom is 0.153 e. The van der Waals surface area contributed by atoms with E-state index < -0.39 is 0 Å². The average molecular weight is 259 g/mol. The van der Waals surface area contributed by atoms with Gasteiger partial charge in [-0.05, 0) is 40.6 Å². The Morgan fingerprint density at radius 1 is 1.64 bits per heavy atom. The zero-order valence-electron chi connectivity index (χ0n) is 8.50. The van der Waals surface area contributed by atoms with E-state index in [4.69, 9.17) is 5.73 Å². The van der Waals surface area contributed by atoms with Crippen molar-refractivity contribution in [2.45, 2.75) is 32.2 Å². The van der Waals surface area contributed by atoms with Crippen LogP contribution in [0.1, 0.15) is 37.9 Å². The van der Waals surface area contributed by atoms with E-state index in [2.05, 4.69) is 33.2 Å². The molecule has 1 aliphatic rings. The predicted molar refractivity (Wildman–Crippen MR) is 57.6 cm³/mol. The highest BCUT2D eigenvalue weighted by molar-refractivity contribution is 9.10. The van der Waals surface area contributed by atoms with Crippen LogP contribution in [0.4, 0.5) is 0 Å². The van der Waals surface area contributed by atoms with Gasteiger partial charge in [-0.25, -0.2) is 4.68 Å². The topological polar surface area (TPSA) is 56.7 Å². The monoisotopic (exact) mass is 258 g/mol. The van der Waals surface area contributed by atoms with E-state index in [1.807, 2.05) is 7.05 Å². The Balaban J connectivity index is 2.14. The second kappa shape index (κ2) is 3.31. The van der Waals surface area contributed by atoms with Gasteiger partial charge in [-0.1, -0.05) is 12.1 Å². The zero-order chi connectivity index (χ0) is 10.3. The summed E-state index contributed by atoms with van der Waals surface area (Å²) in [5.74, 6) is 0. The van der Waals surface area contributed by atoms with Crippen molar-refractivity contribution in [3.05, 3.63) is 10.3 Å². The van der Waals surface area contributed by atoms with Gasteiger partial charge in [-0.2, -0.15) is 0 Å². The third kappa shape index (κ3) is 1.83. The van der Waals surface area contributed by atoms with Gasteiger partial charge >= 0.3 is 0 Å². The molecule has 1 aromatic heterocycles. The lowest BCUT2D eigenvalue weighted by Crippen LogP contribution is -2.18. The Kier molecular flexibility index (Phi) is 2.39. The van der Waals surface area contributed by atoms with E-state index in [-0.39, 0.29) is 6.04 Å². The van der Waals surface area contributed by atoms with Crippen LogP contribution in [0.25, 0.3) is 0 Å². The molecule has 14 heavy (non-hydrogen) atoms.